The van der Waals surface area contributed by atoms with Crippen molar-refractivity contribution in [1.29, 1.82) is 0 Å². The molecule has 0 spiro atoms. The minimum absolute atomic E-state index is 0.0638. The second-order valence-corrected chi connectivity index (χ2v) is 8.61. The molecule has 1 heterocycles. The third-order valence-electron chi connectivity index (χ3n) is 5.04. The molecule has 0 saturated carbocycles. The monoisotopic (exact) mass is 425 g/mol. The van der Waals surface area contributed by atoms with E-state index < -0.39 is 0 Å². The van der Waals surface area contributed by atoms with E-state index in [1.165, 1.54) is 16.7 Å². The molecule has 0 saturated heterocycles. The summed E-state index contributed by atoms with van der Waals surface area (Å²) in [7, 11) is 0. The number of hydrogen-bond donors (Lipinski definition) is 1. The fraction of sp³-hybridized carbons (Fsp3) is 0.333. The van der Waals surface area contributed by atoms with Crippen LogP contribution in [0.15, 0.2) is 41.3 Å². The molecule has 3 rings (SSSR count). The van der Waals surface area contributed by atoms with E-state index in [-0.39, 0.29) is 31.6 Å². The van der Waals surface area contributed by atoms with Gasteiger partial charge in [0.1, 0.15) is 12.4 Å². The van der Waals surface area contributed by atoms with Crippen LogP contribution in [0.4, 0.5) is 0 Å². The van der Waals surface area contributed by atoms with Gasteiger partial charge in [-0.25, -0.2) is 0 Å². The fourth-order valence-corrected chi connectivity index (χ4v) is 4.34. The van der Waals surface area contributed by atoms with E-state index in [9.17, 15) is 14.7 Å². The van der Waals surface area contributed by atoms with Crippen LogP contribution in [0, 0.1) is 27.7 Å². The van der Waals surface area contributed by atoms with Crippen molar-refractivity contribution in [2.24, 2.45) is 0 Å². The first-order chi connectivity index (χ1) is 14.3. The van der Waals surface area contributed by atoms with E-state index in [0.29, 0.717) is 16.2 Å². The third kappa shape index (κ3) is 4.77. The van der Waals surface area contributed by atoms with Crippen LogP contribution >= 0.6 is 11.8 Å². The number of aliphatic hydroxyl groups excluding tert-OH is 1. The summed E-state index contributed by atoms with van der Waals surface area (Å²) in [4.78, 5) is 27.8. The summed E-state index contributed by atoms with van der Waals surface area (Å²) in [5.74, 6) is 0.447. The summed E-state index contributed by atoms with van der Waals surface area (Å²) in [5, 5.41) is 9.22. The number of ether oxygens (including phenoxy) is 1. The Morgan fingerprint density at radius 3 is 2.27 bits per heavy atom. The number of rotatable bonds is 8. The van der Waals surface area contributed by atoms with E-state index in [4.69, 9.17) is 4.74 Å². The molecule has 1 aliphatic rings. The highest BCUT2D eigenvalue weighted by atomic mass is 32.2. The molecular formula is C24H27NO4S. The van der Waals surface area contributed by atoms with Gasteiger partial charge in [0, 0.05) is 5.75 Å². The second kappa shape index (κ2) is 9.49. The molecule has 5 nitrogen and oxygen atoms in total. The number of benzene rings is 2. The van der Waals surface area contributed by atoms with Crippen LogP contribution in [0.1, 0.15) is 27.8 Å². The lowest BCUT2D eigenvalue weighted by Gasteiger charge is -2.16. The van der Waals surface area contributed by atoms with E-state index in [0.717, 1.165) is 33.6 Å². The van der Waals surface area contributed by atoms with Crippen LogP contribution in [-0.2, 0) is 9.59 Å². The lowest BCUT2D eigenvalue weighted by molar-refractivity contribution is -0.136. The number of thioether (sulfide) groups is 1. The first-order valence-corrected chi connectivity index (χ1v) is 10.9. The minimum Gasteiger partial charge on any atom is -0.492 e. The smallest absolute Gasteiger partial charge is 0.268 e. The maximum Gasteiger partial charge on any atom is 0.268 e. The van der Waals surface area contributed by atoms with Crippen molar-refractivity contribution >= 4 is 29.1 Å². The topological polar surface area (TPSA) is 66.8 Å². The Hall–Kier alpha value is -2.57. The molecule has 0 radical (unpaired) electrons. The van der Waals surface area contributed by atoms with Gasteiger partial charge in [0.05, 0.1) is 23.6 Å². The van der Waals surface area contributed by atoms with Gasteiger partial charge >= 0.3 is 0 Å². The van der Waals surface area contributed by atoms with Crippen molar-refractivity contribution in [3.8, 4) is 5.75 Å². The van der Waals surface area contributed by atoms with Crippen LogP contribution in [0.3, 0.4) is 0 Å². The Balaban J connectivity index is 1.80. The molecule has 0 aliphatic carbocycles. The van der Waals surface area contributed by atoms with E-state index in [1.54, 1.807) is 0 Å². The maximum absolute atomic E-state index is 13.2. The molecule has 0 atom stereocenters. The number of hydrogen-bond acceptors (Lipinski definition) is 5. The third-order valence-corrected chi connectivity index (χ3v) is 6.09. The van der Waals surface area contributed by atoms with E-state index >= 15 is 0 Å². The van der Waals surface area contributed by atoms with Crippen molar-refractivity contribution in [3.63, 3.8) is 0 Å². The van der Waals surface area contributed by atoms with Crippen molar-refractivity contribution in [3.05, 3.63) is 69.1 Å². The molecule has 0 aromatic heterocycles. The lowest BCUT2D eigenvalue weighted by Crippen LogP contribution is -2.35. The van der Waals surface area contributed by atoms with Crippen LogP contribution < -0.4 is 4.74 Å². The van der Waals surface area contributed by atoms with Gasteiger partial charge in [-0.2, -0.15) is 0 Å². The van der Waals surface area contributed by atoms with Gasteiger partial charge in [-0.15, -0.1) is 11.8 Å². The van der Waals surface area contributed by atoms with Gasteiger partial charge in [0.2, 0.25) is 0 Å². The second-order valence-electron chi connectivity index (χ2n) is 7.51. The van der Waals surface area contributed by atoms with Crippen molar-refractivity contribution in [1.82, 2.24) is 4.90 Å². The van der Waals surface area contributed by atoms with Crippen molar-refractivity contribution in [2.75, 3.05) is 25.5 Å². The quantitative estimate of drug-likeness (QED) is 0.652. The summed E-state index contributed by atoms with van der Waals surface area (Å²) in [6, 6.07) is 11.7. The molecule has 1 N–H and O–H groups in total. The molecule has 1 aliphatic heterocycles. The highest BCUT2D eigenvalue weighted by molar-refractivity contribution is 8.04. The SMILES string of the molecule is Cc1cc(C)cc(OCCN2C(=O)C(SCCO)=C(c3ccc(C)c(C)c3)C2=O)c1. The standard InChI is InChI=1S/C24H27NO4S/c1-15-11-16(2)13-20(12-15)29-9-7-25-23(27)21(22(24(25)28)30-10-8-26)19-6-5-17(3)18(4)14-19/h5-6,11-14,26H,7-10H2,1-4H3. The summed E-state index contributed by atoms with van der Waals surface area (Å²) in [6.45, 7) is 8.31. The highest BCUT2D eigenvalue weighted by Crippen LogP contribution is 2.36. The lowest BCUT2D eigenvalue weighted by atomic mass is 10.0. The van der Waals surface area contributed by atoms with Crippen LogP contribution in [0.2, 0.25) is 0 Å². The Bertz CT molecular complexity index is 992. The van der Waals surface area contributed by atoms with Gasteiger partial charge in [-0.1, -0.05) is 24.3 Å². The van der Waals surface area contributed by atoms with E-state index in [2.05, 4.69) is 6.07 Å². The Labute approximate surface area is 181 Å². The number of nitrogens with zero attached hydrogens (tertiary/aromatic N) is 1. The number of aryl methyl sites for hydroxylation is 4. The Morgan fingerprint density at radius 2 is 1.63 bits per heavy atom. The molecule has 0 bridgehead atoms. The number of carbonyl (C=O) groups excluding carboxylic acids is 2. The van der Waals surface area contributed by atoms with Gasteiger partial charge in [0.25, 0.3) is 11.8 Å². The summed E-state index contributed by atoms with van der Waals surface area (Å²) in [6.07, 6.45) is 0. The molecule has 158 valence electrons. The predicted molar refractivity (Wildman–Crippen MR) is 121 cm³/mol. The number of imide groups is 1. The maximum atomic E-state index is 13.2. The number of aliphatic hydroxyl groups is 1. The minimum atomic E-state index is -0.323. The van der Waals surface area contributed by atoms with Gasteiger partial charge in [0.15, 0.2) is 0 Å². The molecule has 2 aromatic carbocycles. The molecule has 0 fully saturated rings. The first kappa shape index (κ1) is 22.1. The normalized spacial score (nSPS) is 14.1. The molecule has 30 heavy (non-hydrogen) atoms. The average molecular weight is 426 g/mol. The average Bonchev–Trinajstić information content (AvgIpc) is 2.92. The largest absolute Gasteiger partial charge is 0.492 e. The summed E-state index contributed by atoms with van der Waals surface area (Å²) in [5.41, 5.74) is 5.52. The number of amides is 2. The first-order valence-electron chi connectivity index (χ1n) is 9.94. The molecule has 0 unspecified atom stereocenters. The van der Waals surface area contributed by atoms with Crippen LogP contribution in [0.25, 0.3) is 5.57 Å². The molecule has 2 amide bonds. The predicted octanol–water partition coefficient (Wildman–Crippen LogP) is 3.80. The van der Waals surface area contributed by atoms with Crippen LogP contribution in [-0.4, -0.2) is 47.3 Å². The van der Waals surface area contributed by atoms with Crippen molar-refractivity contribution < 1.29 is 19.4 Å². The summed E-state index contributed by atoms with van der Waals surface area (Å²) < 4.78 is 5.81. The molecule has 2 aromatic rings. The van der Waals surface area contributed by atoms with Crippen LogP contribution in [0.5, 0.6) is 5.75 Å². The molecule has 6 heteroatoms. The number of carbonyl (C=O) groups is 2. The van der Waals surface area contributed by atoms with Gasteiger partial charge < -0.3 is 9.84 Å². The molecular weight excluding hydrogens is 398 g/mol. The zero-order valence-corrected chi connectivity index (χ0v) is 18.6. The Morgan fingerprint density at radius 1 is 0.933 bits per heavy atom. The highest BCUT2D eigenvalue weighted by Gasteiger charge is 2.39. The van der Waals surface area contributed by atoms with Crippen molar-refractivity contribution in [2.45, 2.75) is 27.7 Å². The zero-order valence-electron chi connectivity index (χ0n) is 17.8. The zero-order chi connectivity index (χ0) is 21.8. The van der Waals surface area contributed by atoms with E-state index in [1.807, 2.05) is 58.0 Å². The Kier molecular flexibility index (Phi) is 7.00. The fourth-order valence-electron chi connectivity index (χ4n) is 3.46. The van der Waals surface area contributed by atoms with Gasteiger partial charge in [-0.3, -0.25) is 14.5 Å². The van der Waals surface area contributed by atoms with Gasteiger partial charge in [-0.05, 0) is 67.6 Å². The summed E-state index contributed by atoms with van der Waals surface area (Å²) >= 11 is 1.22.